The largest absolute Gasteiger partial charge is 0.497 e. The molecule has 3 rings (SSSR count). The first-order valence-electron chi connectivity index (χ1n) is 7.44. The van der Waals surface area contributed by atoms with Gasteiger partial charge in [-0.05, 0) is 19.0 Å². The fraction of sp³-hybridized carbons (Fsp3) is 0.625. The molecule has 1 spiro atoms. The van der Waals surface area contributed by atoms with Crippen LogP contribution in [0.25, 0.3) is 0 Å². The molecule has 2 aliphatic rings. The van der Waals surface area contributed by atoms with Crippen molar-refractivity contribution in [2.75, 3.05) is 26.9 Å². The molecule has 0 aromatic heterocycles. The van der Waals surface area contributed by atoms with E-state index in [0.717, 1.165) is 43.9 Å². The van der Waals surface area contributed by atoms with Gasteiger partial charge in [-0.1, -0.05) is 13.0 Å². The number of rotatable bonds is 4. The topological polar surface area (TPSA) is 39.7 Å². The maximum Gasteiger partial charge on any atom is 0.136 e. The summed E-state index contributed by atoms with van der Waals surface area (Å²) in [5, 5.41) is 3.64. The minimum atomic E-state index is -0.162. The van der Waals surface area contributed by atoms with Gasteiger partial charge in [0.05, 0.1) is 20.3 Å². The van der Waals surface area contributed by atoms with Crippen LogP contribution in [0.3, 0.4) is 0 Å². The van der Waals surface area contributed by atoms with Crippen LogP contribution in [0.4, 0.5) is 0 Å². The Kier molecular flexibility index (Phi) is 3.85. The second-order valence-electron chi connectivity index (χ2n) is 5.70. The monoisotopic (exact) mass is 277 g/mol. The fourth-order valence-electron chi connectivity index (χ4n) is 3.11. The van der Waals surface area contributed by atoms with Crippen LogP contribution in [0.2, 0.25) is 0 Å². The van der Waals surface area contributed by atoms with Gasteiger partial charge < -0.3 is 19.5 Å². The van der Waals surface area contributed by atoms with E-state index in [2.05, 4.69) is 18.3 Å². The Morgan fingerprint density at radius 3 is 3.05 bits per heavy atom. The molecule has 20 heavy (non-hydrogen) atoms. The Balaban J connectivity index is 1.91. The van der Waals surface area contributed by atoms with E-state index in [0.29, 0.717) is 12.6 Å². The summed E-state index contributed by atoms with van der Waals surface area (Å²) in [7, 11) is 1.69. The third-order valence-corrected chi connectivity index (χ3v) is 4.21. The molecule has 0 amide bonds. The van der Waals surface area contributed by atoms with Crippen LogP contribution in [0, 0.1) is 0 Å². The summed E-state index contributed by atoms with van der Waals surface area (Å²) < 4.78 is 17.2. The van der Waals surface area contributed by atoms with Crippen LogP contribution >= 0.6 is 0 Å². The van der Waals surface area contributed by atoms with Crippen molar-refractivity contribution in [3.63, 3.8) is 0 Å². The molecular weight excluding hydrogens is 254 g/mol. The lowest BCUT2D eigenvalue weighted by Crippen LogP contribution is -2.44. The van der Waals surface area contributed by atoms with E-state index in [4.69, 9.17) is 14.2 Å². The second-order valence-corrected chi connectivity index (χ2v) is 5.70. The average Bonchev–Trinajstić information content (AvgIpc) is 2.91. The Labute approximate surface area is 120 Å². The number of benzene rings is 1. The van der Waals surface area contributed by atoms with Crippen molar-refractivity contribution in [1.29, 1.82) is 0 Å². The van der Waals surface area contributed by atoms with Crippen molar-refractivity contribution >= 4 is 0 Å². The predicted molar refractivity (Wildman–Crippen MR) is 77.4 cm³/mol. The van der Waals surface area contributed by atoms with E-state index in [9.17, 15) is 0 Å². The van der Waals surface area contributed by atoms with E-state index in [1.54, 1.807) is 7.11 Å². The molecule has 0 bridgehead atoms. The summed E-state index contributed by atoms with van der Waals surface area (Å²) in [5.74, 6) is 1.78. The molecule has 1 N–H and O–H groups in total. The van der Waals surface area contributed by atoms with Crippen LogP contribution in [0.1, 0.15) is 37.8 Å². The number of nitrogens with one attached hydrogen (secondary N) is 1. The zero-order chi connectivity index (χ0) is 14.0. The minimum Gasteiger partial charge on any atom is -0.497 e. The van der Waals surface area contributed by atoms with Crippen molar-refractivity contribution in [1.82, 2.24) is 5.32 Å². The lowest BCUT2D eigenvalue weighted by Gasteiger charge is -2.39. The maximum absolute atomic E-state index is 6.29. The SMILES string of the molecule is CCCNC1CC2(CCOC2)Oc2cc(OC)ccc21. The summed E-state index contributed by atoms with van der Waals surface area (Å²) in [6.45, 7) is 4.69. The zero-order valence-electron chi connectivity index (χ0n) is 12.3. The highest BCUT2D eigenvalue weighted by Gasteiger charge is 2.44. The molecule has 4 nitrogen and oxygen atoms in total. The Morgan fingerprint density at radius 2 is 2.35 bits per heavy atom. The van der Waals surface area contributed by atoms with Gasteiger partial charge in [0.2, 0.25) is 0 Å². The molecule has 2 unspecified atom stereocenters. The van der Waals surface area contributed by atoms with Crippen molar-refractivity contribution in [2.24, 2.45) is 0 Å². The third-order valence-electron chi connectivity index (χ3n) is 4.21. The molecule has 2 atom stereocenters. The molecule has 1 saturated heterocycles. The van der Waals surface area contributed by atoms with Crippen LogP contribution in [-0.2, 0) is 4.74 Å². The number of hydrogen-bond donors (Lipinski definition) is 1. The lowest BCUT2D eigenvalue weighted by molar-refractivity contribution is 0.0187. The fourth-order valence-corrected chi connectivity index (χ4v) is 3.11. The van der Waals surface area contributed by atoms with Gasteiger partial charge in [0, 0.05) is 30.5 Å². The highest BCUT2D eigenvalue weighted by molar-refractivity contribution is 5.44. The average molecular weight is 277 g/mol. The van der Waals surface area contributed by atoms with Crippen molar-refractivity contribution in [2.45, 2.75) is 37.8 Å². The van der Waals surface area contributed by atoms with Gasteiger partial charge in [-0.25, -0.2) is 0 Å². The summed E-state index contributed by atoms with van der Waals surface area (Å²) in [5.41, 5.74) is 1.07. The highest BCUT2D eigenvalue weighted by Crippen LogP contribution is 2.44. The Morgan fingerprint density at radius 1 is 1.45 bits per heavy atom. The van der Waals surface area contributed by atoms with Gasteiger partial charge in [0.25, 0.3) is 0 Å². The van der Waals surface area contributed by atoms with Crippen LogP contribution in [-0.4, -0.2) is 32.5 Å². The quantitative estimate of drug-likeness (QED) is 0.918. The van der Waals surface area contributed by atoms with Crippen molar-refractivity contribution in [3.05, 3.63) is 23.8 Å². The molecule has 110 valence electrons. The Bertz CT molecular complexity index is 469. The van der Waals surface area contributed by atoms with E-state index >= 15 is 0 Å². The summed E-state index contributed by atoms with van der Waals surface area (Å²) >= 11 is 0. The minimum absolute atomic E-state index is 0.162. The lowest BCUT2D eigenvalue weighted by atomic mass is 9.86. The van der Waals surface area contributed by atoms with Gasteiger partial charge in [0.15, 0.2) is 0 Å². The highest BCUT2D eigenvalue weighted by atomic mass is 16.6. The van der Waals surface area contributed by atoms with Gasteiger partial charge >= 0.3 is 0 Å². The van der Waals surface area contributed by atoms with E-state index in [-0.39, 0.29) is 5.60 Å². The second kappa shape index (κ2) is 5.62. The Hall–Kier alpha value is -1.26. The number of hydrogen-bond acceptors (Lipinski definition) is 4. The molecule has 4 heteroatoms. The molecule has 1 fully saturated rings. The summed E-state index contributed by atoms with van der Waals surface area (Å²) in [6, 6.07) is 6.46. The van der Waals surface area contributed by atoms with Gasteiger partial charge in [-0.15, -0.1) is 0 Å². The first kappa shape index (κ1) is 13.7. The van der Waals surface area contributed by atoms with E-state index < -0.39 is 0 Å². The standard InChI is InChI=1S/C16H23NO3/c1-3-7-17-14-10-16(6-8-19-11-16)20-15-9-12(18-2)4-5-13(14)15/h4-5,9,14,17H,3,6-8,10-11H2,1-2H3. The molecule has 1 aromatic carbocycles. The molecule has 0 radical (unpaired) electrons. The first-order chi connectivity index (χ1) is 9.76. The molecular formula is C16H23NO3. The van der Waals surface area contributed by atoms with Gasteiger partial charge in [-0.3, -0.25) is 0 Å². The predicted octanol–water partition coefficient (Wildman–Crippen LogP) is 2.68. The molecule has 2 heterocycles. The number of methoxy groups -OCH3 is 1. The molecule has 2 aliphatic heterocycles. The molecule has 0 saturated carbocycles. The summed E-state index contributed by atoms with van der Waals surface area (Å²) in [6.07, 6.45) is 3.08. The van der Waals surface area contributed by atoms with Crippen molar-refractivity contribution in [3.8, 4) is 11.5 Å². The number of fused-ring (bicyclic) bond motifs is 1. The van der Waals surface area contributed by atoms with Crippen LogP contribution in [0.5, 0.6) is 11.5 Å². The molecule has 1 aromatic rings. The first-order valence-corrected chi connectivity index (χ1v) is 7.44. The number of ether oxygens (including phenoxy) is 3. The van der Waals surface area contributed by atoms with E-state index in [1.165, 1.54) is 5.56 Å². The van der Waals surface area contributed by atoms with E-state index in [1.807, 2.05) is 12.1 Å². The third kappa shape index (κ3) is 2.50. The molecule has 0 aliphatic carbocycles. The maximum atomic E-state index is 6.29. The zero-order valence-corrected chi connectivity index (χ0v) is 12.3. The van der Waals surface area contributed by atoms with Gasteiger partial charge in [-0.2, -0.15) is 0 Å². The van der Waals surface area contributed by atoms with Crippen LogP contribution in [0.15, 0.2) is 18.2 Å². The smallest absolute Gasteiger partial charge is 0.136 e. The normalized spacial score (nSPS) is 28.2. The van der Waals surface area contributed by atoms with Crippen molar-refractivity contribution < 1.29 is 14.2 Å². The van der Waals surface area contributed by atoms with Gasteiger partial charge in [0.1, 0.15) is 17.1 Å². The van der Waals surface area contributed by atoms with Crippen LogP contribution < -0.4 is 14.8 Å². The summed E-state index contributed by atoms with van der Waals surface area (Å²) in [4.78, 5) is 0.